The smallest absolute Gasteiger partial charge is 0.310 e. The zero-order valence-corrected chi connectivity index (χ0v) is 9.47. The number of rotatable bonds is 4. The van der Waals surface area contributed by atoms with E-state index in [1.54, 1.807) is 6.92 Å². The second kappa shape index (κ2) is 5.65. The second-order valence-electron chi connectivity index (χ2n) is 3.37. The maximum Gasteiger partial charge on any atom is 0.310 e. The number of pyridine rings is 1. The minimum Gasteiger partial charge on any atom is -0.466 e. The van der Waals surface area contributed by atoms with Gasteiger partial charge in [0.05, 0.1) is 18.6 Å². The van der Waals surface area contributed by atoms with Crippen LogP contribution in [0.3, 0.4) is 0 Å². The van der Waals surface area contributed by atoms with Crippen LogP contribution in [-0.2, 0) is 16.0 Å². The minimum atomic E-state index is -2.95. The first-order chi connectivity index (χ1) is 7.97. The van der Waals surface area contributed by atoms with E-state index in [9.17, 15) is 18.0 Å². The van der Waals surface area contributed by atoms with E-state index in [0.717, 1.165) is 6.20 Å². The predicted octanol–water partition coefficient (Wildman–Crippen LogP) is 2.57. The van der Waals surface area contributed by atoms with Gasteiger partial charge in [-0.05, 0) is 13.8 Å². The Morgan fingerprint density at radius 3 is 2.71 bits per heavy atom. The molecular formula is C11H12F3NO2. The molecule has 0 unspecified atom stereocenters. The zero-order valence-electron chi connectivity index (χ0n) is 9.47. The number of aryl methyl sites for hydroxylation is 1. The lowest BCUT2D eigenvalue weighted by atomic mass is 10.1. The quantitative estimate of drug-likeness (QED) is 0.767. The predicted molar refractivity (Wildman–Crippen MR) is 54.2 cm³/mol. The third kappa shape index (κ3) is 3.18. The number of hydrogen-bond donors (Lipinski definition) is 0. The lowest BCUT2D eigenvalue weighted by molar-refractivity contribution is -0.142. The van der Waals surface area contributed by atoms with Gasteiger partial charge in [0, 0.05) is 17.5 Å². The molecule has 1 rings (SSSR count). The van der Waals surface area contributed by atoms with Crippen molar-refractivity contribution in [3.63, 3.8) is 0 Å². The van der Waals surface area contributed by atoms with Crippen molar-refractivity contribution in [2.75, 3.05) is 6.61 Å². The van der Waals surface area contributed by atoms with E-state index in [-0.39, 0.29) is 24.3 Å². The molecule has 1 heterocycles. The second-order valence-corrected chi connectivity index (χ2v) is 3.37. The highest BCUT2D eigenvalue weighted by Gasteiger charge is 2.21. The number of aromatic nitrogens is 1. The van der Waals surface area contributed by atoms with Crippen LogP contribution in [0.1, 0.15) is 30.2 Å². The summed E-state index contributed by atoms with van der Waals surface area (Å²) in [5, 5.41) is 0. The third-order valence-electron chi connectivity index (χ3n) is 2.21. The highest BCUT2D eigenvalue weighted by atomic mass is 19.3. The van der Waals surface area contributed by atoms with Crippen LogP contribution >= 0.6 is 0 Å². The summed E-state index contributed by atoms with van der Waals surface area (Å²) in [5.41, 5.74) is -0.726. The molecule has 0 atom stereocenters. The fourth-order valence-electron chi connectivity index (χ4n) is 1.35. The van der Waals surface area contributed by atoms with E-state index in [2.05, 4.69) is 9.72 Å². The van der Waals surface area contributed by atoms with Crippen LogP contribution in [0.4, 0.5) is 13.2 Å². The molecule has 0 aliphatic rings. The van der Waals surface area contributed by atoms with Gasteiger partial charge in [0.25, 0.3) is 6.43 Å². The van der Waals surface area contributed by atoms with Gasteiger partial charge in [0.2, 0.25) is 0 Å². The van der Waals surface area contributed by atoms with Gasteiger partial charge < -0.3 is 4.74 Å². The number of ether oxygens (including phenoxy) is 1. The SMILES string of the molecule is CCOC(=O)Cc1c(C)ncc(C(F)F)c1F. The molecule has 94 valence electrons. The standard InChI is InChI=1S/C11H12F3NO2/c1-3-17-9(16)4-7-6(2)15-5-8(10(7)12)11(13)14/h5,11H,3-4H2,1-2H3. The normalized spacial score (nSPS) is 10.7. The van der Waals surface area contributed by atoms with Gasteiger partial charge in [0.1, 0.15) is 5.82 Å². The molecule has 0 aromatic carbocycles. The first-order valence-corrected chi connectivity index (χ1v) is 5.05. The fraction of sp³-hybridized carbons (Fsp3) is 0.455. The van der Waals surface area contributed by atoms with Gasteiger partial charge in [0.15, 0.2) is 0 Å². The minimum absolute atomic E-state index is 0.138. The maximum absolute atomic E-state index is 13.7. The van der Waals surface area contributed by atoms with E-state index >= 15 is 0 Å². The van der Waals surface area contributed by atoms with E-state index in [4.69, 9.17) is 0 Å². The van der Waals surface area contributed by atoms with Crippen molar-refractivity contribution >= 4 is 5.97 Å². The van der Waals surface area contributed by atoms with Crippen LogP contribution in [0.5, 0.6) is 0 Å². The topological polar surface area (TPSA) is 39.2 Å². The van der Waals surface area contributed by atoms with Crippen molar-refractivity contribution in [1.82, 2.24) is 4.98 Å². The molecule has 1 aromatic rings. The van der Waals surface area contributed by atoms with Crippen molar-refractivity contribution in [3.05, 3.63) is 28.8 Å². The van der Waals surface area contributed by atoms with Crippen molar-refractivity contribution in [1.29, 1.82) is 0 Å². The highest BCUT2D eigenvalue weighted by molar-refractivity contribution is 5.73. The molecule has 0 saturated carbocycles. The number of nitrogens with zero attached hydrogens (tertiary/aromatic N) is 1. The molecule has 0 amide bonds. The lowest BCUT2D eigenvalue weighted by Gasteiger charge is -2.09. The van der Waals surface area contributed by atoms with E-state index < -0.39 is 23.8 Å². The summed E-state index contributed by atoms with van der Waals surface area (Å²) in [6, 6.07) is 0. The Hall–Kier alpha value is -1.59. The molecule has 0 fully saturated rings. The monoisotopic (exact) mass is 247 g/mol. The number of halogens is 3. The Bertz CT molecular complexity index is 421. The average Bonchev–Trinajstić information content (AvgIpc) is 2.24. The molecule has 3 nitrogen and oxygen atoms in total. The Morgan fingerprint density at radius 2 is 2.18 bits per heavy atom. The third-order valence-corrected chi connectivity index (χ3v) is 2.21. The largest absolute Gasteiger partial charge is 0.466 e. The van der Waals surface area contributed by atoms with Gasteiger partial charge in [-0.1, -0.05) is 0 Å². The molecule has 6 heteroatoms. The number of alkyl halides is 2. The van der Waals surface area contributed by atoms with Gasteiger partial charge in [-0.25, -0.2) is 13.2 Å². The number of carbonyl (C=O) groups is 1. The first kappa shape index (κ1) is 13.5. The van der Waals surface area contributed by atoms with Gasteiger partial charge in [-0.3, -0.25) is 9.78 Å². The van der Waals surface area contributed by atoms with Crippen LogP contribution in [0.15, 0.2) is 6.20 Å². The summed E-state index contributed by atoms with van der Waals surface area (Å²) >= 11 is 0. The van der Waals surface area contributed by atoms with E-state index in [1.807, 2.05) is 0 Å². The van der Waals surface area contributed by atoms with Gasteiger partial charge in [-0.2, -0.15) is 0 Å². The van der Waals surface area contributed by atoms with E-state index in [1.165, 1.54) is 6.92 Å². The van der Waals surface area contributed by atoms with Crippen LogP contribution < -0.4 is 0 Å². The summed E-state index contributed by atoms with van der Waals surface area (Å²) in [6.45, 7) is 3.21. The molecule has 0 bridgehead atoms. The van der Waals surface area contributed by atoms with Crippen molar-refractivity contribution < 1.29 is 22.7 Å². The molecule has 0 aliphatic heterocycles. The summed E-state index contributed by atoms with van der Waals surface area (Å²) < 4.78 is 43.2. The fourth-order valence-corrected chi connectivity index (χ4v) is 1.35. The Labute approximate surface area is 96.6 Å². The van der Waals surface area contributed by atoms with Crippen molar-refractivity contribution in [2.24, 2.45) is 0 Å². The first-order valence-electron chi connectivity index (χ1n) is 5.05. The van der Waals surface area contributed by atoms with Crippen LogP contribution in [-0.4, -0.2) is 17.6 Å². The van der Waals surface area contributed by atoms with E-state index in [0.29, 0.717) is 0 Å². The van der Waals surface area contributed by atoms with Crippen molar-refractivity contribution in [3.8, 4) is 0 Å². The van der Waals surface area contributed by atoms with Crippen molar-refractivity contribution in [2.45, 2.75) is 26.7 Å². The molecule has 1 aromatic heterocycles. The number of hydrogen-bond acceptors (Lipinski definition) is 3. The van der Waals surface area contributed by atoms with Gasteiger partial charge in [-0.15, -0.1) is 0 Å². The Balaban J connectivity index is 3.05. The Morgan fingerprint density at radius 1 is 1.53 bits per heavy atom. The summed E-state index contributed by atoms with van der Waals surface area (Å²) in [6.07, 6.45) is -2.56. The molecule has 17 heavy (non-hydrogen) atoms. The zero-order chi connectivity index (χ0) is 13.0. The average molecular weight is 247 g/mol. The summed E-state index contributed by atoms with van der Waals surface area (Å²) in [7, 11) is 0. The van der Waals surface area contributed by atoms with Crippen LogP contribution in [0.2, 0.25) is 0 Å². The van der Waals surface area contributed by atoms with Crippen LogP contribution in [0, 0.1) is 12.7 Å². The molecular weight excluding hydrogens is 235 g/mol. The summed E-state index contributed by atoms with van der Waals surface area (Å²) in [4.78, 5) is 14.8. The highest BCUT2D eigenvalue weighted by Crippen LogP contribution is 2.25. The van der Waals surface area contributed by atoms with Crippen LogP contribution in [0.25, 0.3) is 0 Å². The molecule has 0 spiro atoms. The molecule has 0 aliphatic carbocycles. The van der Waals surface area contributed by atoms with Gasteiger partial charge >= 0.3 is 5.97 Å². The maximum atomic E-state index is 13.7. The summed E-state index contributed by atoms with van der Waals surface area (Å²) in [5.74, 6) is -1.75. The number of carbonyl (C=O) groups excluding carboxylic acids is 1. The molecule has 0 saturated heterocycles. The number of esters is 1. The lowest BCUT2D eigenvalue weighted by Crippen LogP contribution is -2.12. The molecule has 0 radical (unpaired) electrons. The molecule has 0 N–H and O–H groups in total. The Kier molecular flexibility index (Phi) is 4.48.